The van der Waals surface area contributed by atoms with Gasteiger partial charge in [-0.05, 0) is 54.8 Å². The Morgan fingerprint density at radius 2 is 1.92 bits per heavy atom. The second kappa shape index (κ2) is 7.86. The van der Waals surface area contributed by atoms with Crippen LogP contribution < -0.4 is 4.80 Å². The SMILES string of the molecule is Fc1ccc(N=c2scc(-c3ccc(Br)cc3)n2CC2CCCO2)cc1. The smallest absolute Gasteiger partial charge is 0.190 e. The van der Waals surface area contributed by atoms with Gasteiger partial charge in [0.1, 0.15) is 5.82 Å². The van der Waals surface area contributed by atoms with Crippen molar-refractivity contribution in [2.24, 2.45) is 4.99 Å². The minimum Gasteiger partial charge on any atom is -0.376 e. The van der Waals surface area contributed by atoms with Gasteiger partial charge in [0, 0.05) is 16.5 Å². The summed E-state index contributed by atoms with van der Waals surface area (Å²) < 4.78 is 22.3. The van der Waals surface area contributed by atoms with E-state index in [1.807, 2.05) is 12.1 Å². The molecule has 26 heavy (non-hydrogen) atoms. The molecule has 2 aromatic carbocycles. The van der Waals surface area contributed by atoms with Crippen LogP contribution in [0.25, 0.3) is 11.3 Å². The fourth-order valence-corrected chi connectivity index (χ4v) is 4.27. The predicted octanol–water partition coefficient (Wildman–Crippen LogP) is 5.53. The van der Waals surface area contributed by atoms with Gasteiger partial charge in [-0.1, -0.05) is 28.1 Å². The van der Waals surface area contributed by atoms with Crippen LogP contribution in [0.2, 0.25) is 0 Å². The normalized spacial score (nSPS) is 17.8. The summed E-state index contributed by atoms with van der Waals surface area (Å²) in [5, 5.41) is 2.13. The van der Waals surface area contributed by atoms with E-state index in [2.05, 4.69) is 38.0 Å². The molecule has 0 spiro atoms. The Morgan fingerprint density at radius 3 is 2.62 bits per heavy atom. The van der Waals surface area contributed by atoms with Crippen molar-refractivity contribution in [2.45, 2.75) is 25.5 Å². The molecular formula is C20H18BrFN2OS. The van der Waals surface area contributed by atoms with Gasteiger partial charge in [-0.2, -0.15) is 0 Å². The van der Waals surface area contributed by atoms with E-state index in [-0.39, 0.29) is 11.9 Å². The second-order valence-electron chi connectivity index (χ2n) is 6.24. The van der Waals surface area contributed by atoms with Crippen molar-refractivity contribution >= 4 is 33.0 Å². The zero-order valence-corrected chi connectivity index (χ0v) is 16.5. The lowest BCUT2D eigenvalue weighted by Gasteiger charge is -2.14. The number of thiazole rings is 1. The molecule has 1 fully saturated rings. The highest BCUT2D eigenvalue weighted by atomic mass is 79.9. The topological polar surface area (TPSA) is 26.5 Å². The molecule has 0 aliphatic carbocycles. The van der Waals surface area contributed by atoms with E-state index < -0.39 is 0 Å². The lowest BCUT2D eigenvalue weighted by Crippen LogP contribution is -2.24. The van der Waals surface area contributed by atoms with Crippen LogP contribution in [0.4, 0.5) is 10.1 Å². The Bertz CT molecular complexity index is 941. The quantitative estimate of drug-likeness (QED) is 0.532. The minimum atomic E-state index is -0.252. The van der Waals surface area contributed by atoms with Crippen LogP contribution in [0, 0.1) is 5.82 Å². The monoisotopic (exact) mass is 432 g/mol. The van der Waals surface area contributed by atoms with Crippen molar-refractivity contribution in [3.63, 3.8) is 0 Å². The van der Waals surface area contributed by atoms with Crippen LogP contribution in [0.15, 0.2) is 63.4 Å². The summed E-state index contributed by atoms with van der Waals surface area (Å²) in [6.07, 6.45) is 2.39. The molecular weight excluding hydrogens is 415 g/mol. The first-order valence-electron chi connectivity index (χ1n) is 8.55. The summed E-state index contributed by atoms with van der Waals surface area (Å²) in [5.74, 6) is -0.252. The van der Waals surface area contributed by atoms with Crippen molar-refractivity contribution in [3.8, 4) is 11.3 Å². The molecule has 6 heteroatoms. The predicted molar refractivity (Wildman–Crippen MR) is 106 cm³/mol. The molecule has 0 radical (unpaired) electrons. The van der Waals surface area contributed by atoms with E-state index in [1.165, 1.54) is 12.1 Å². The number of nitrogens with zero attached hydrogens (tertiary/aromatic N) is 2. The highest BCUT2D eigenvalue weighted by Gasteiger charge is 2.19. The summed E-state index contributed by atoms with van der Waals surface area (Å²) in [5.41, 5.74) is 3.01. The summed E-state index contributed by atoms with van der Waals surface area (Å²) in [7, 11) is 0. The van der Waals surface area contributed by atoms with Crippen molar-refractivity contribution in [1.29, 1.82) is 0 Å². The zero-order chi connectivity index (χ0) is 17.9. The van der Waals surface area contributed by atoms with Crippen molar-refractivity contribution < 1.29 is 9.13 Å². The maximum Gasteiger partial charge on any atom is 0.190 e. The van der Waals surface area contributed by atoms with Crippen LogP contribution in [0.5, 0.6) is 0 Å². The lowest BCUT2D eigenvalue weighted by atomic mass is 10.1. The number of rotatable bonds is 4. The van der Waals surface area contributed by atoms with Crippen molar-refractivity contribution in [3.05, 3.63) is 69.0 Å². The van der Waals surface area contributed by atoms with Crippen LogP contribution in [0.3, 0.4) is 0 Å². The third-order valence-electron chi connectivity index (χ3n) is 4.40. The molecule has 1 aromatic heterocycles. The Balaban J connectivity index is 1.77. The maximum atomic E-state index is 13.2. The molecule has 1 saturated heterocycles. The molecule has 134 valence electrons. The van der Waals surface area contributed by atoms with Crippen LogP contribution >= 0.6 is 27.3 Å². The van der Waals surface area contributed by atoms with Gasteiger partial charge in [-0.3, -0.25) is 0 Å². The zero-order valence-electron chi connectivity index (χ0n) is 14.1. The van der Waals surface area contributed by atoms with Crippen molar-refractivity contribution in [2.75, 3.05) is 6.61 Å². The number of aromatic nitrogens is 1. The summed E-state index contributed by atoms with van der Waals surface area (Å²) in [6.45, 7) is 1.60. The highest BCUT2D eigenvalue weighted by Crippen LogP contribution is 2.25. The molecule has 0 bridgehead atoms. The van der Waals surface area contributed by atoms with Gasteiger partial charge in [0.2, 0.25) is 0 Å². The Hall–Kier alpha value is -1.76. The van der Waals surface area contributed by atoms with E-state index in [0.29, 0.717) is 0 Å². The standard InChI is InChI=1S/C20H18BrFN2OS/c21-15-5-3-14(4-6-15)19-13-26-20(23-17-9-7-16(22)8-10-17)24(19)12-18-2-1-11-25-18/h3-10,13,18H,1-2,11-12H2. The molecule has 3 nitrogen and oxygen atoms in total. The number of benzene rings is 2. The van der Waals surface area contributed by atoms with Gasteiger partial charge >= 0.3 is 0 Å². The fraction of sp³-hybridized carbons (Fsp3) is 0.250. The Kier molecular flexibility index (Phi) is 5.33. The molecule has 0 saturated carbocycles. The summed E-state index contributed by atoms with van der Waals surface area (Å²) in [4.78, 5) is 5.63. The first-order chi connectivity index (χ1) is 12.7. The van der Waals surface area contributed by atoms with E-state index in [1.54, 1.807) is 23.5 Å². The number of hydrogen-bond donors (Lipinski definition) is 0. The van der Waals surface area contributed by atoms with Crippen LogP contribution in [0.1, 0.15) is 12.8 Å². The van der Waals surface area contributed by atoms with Crippen molar-refractivity contribution in [1.82, 2.24) is 4.57 Å². The molecule has 3 aromatic rings. The van der Waals surface area contributed by atoms with Gasteiger partial charge < -0.3 is 9.30 Å². The second-order valence-corrected chi connectivity index (χ2v) is 8.00. The maximum absolute atomic E-state index is 13.2. The van der Waals surface area contributed by atoms with Gasteiger partial charge in [0.25, 0.3) is 0 Å². The molecule has 1 aliphatic heterocycles. The van der Waals surface area contributed by atoms with Crippen LogP contribution in [-0.2, 0) is 11.3 Å². The van der Waals surface area contributed by atoms with E-state index in [4.69, 9.17) is 9.73 Å². The number of hydrogen-bond acceptors (Lipinski definition) is 3. The van der Waals surface area contributed by atoms with Gasteiger partial charge in [0.05, 0.1) is 24.0 Å². The molecule has 1 aliphatic rings. The number of ether oxygens (including phenoxy) is 1. The highest BCUT2D eigenvalue weighted by molar-refractivity contribution is 9.10. The van der Waals surface area contributed by atoms with E-state index in [0.717, 1.165) is 52.2 Å². The third kappa shape index (κ3) is 3.98. The molecule has 1 atom stereocenters. The van der Waals surface area contributed by atoms with E-state index >= 15 is 0 Å². The number of halogens is 2. The van der Waals surface area contributed by atoms with Crippen LogP contribution in [-0.4, -0.2) is 17.3 Å². The summed E-state index contributed by atoms with van der Waals surface area (Å²) >= 11 is 5.08. The van der Waals surface area contributed by atoms with Gasteiger partial charge in [-0.25, -0.2) is 9.38 Å². The largest absolute Gasteiger partial charge is 0.376 e. The molecule has 2 heterocycles. The van der Waals surface area contributed by atoms with Gasteiger partial charge in [0.15, 0.2) is 4.80 Å². The third-order valence-corrected chi connectivity index (χ3v) is 5.79. The Labute approximate surface area is 163 Å². The molecule has 0 amide bonds. The fourth-order valence-electron chi connectivity index (χ4n) is 3.06. The molecule has 4 rings (SSSR count). The summed E-state index contributed by atoms with van der Waals surface area (Å²) in [6, 6.07) is 14.6. The lowest BCUT2D eigenvalue weighted by molar-refractivity contribution is 0.0968. The van der Waals surface area contributed by atoms with E-state index in [9.17, 15) is 4.39 Å². The average Bonchev–Trinajstić information content (AvgIpc) is 3.29. The Morgan fingerprint density at radius 1 is 1.15 bits per heavy atom. The molecule has 1 unspecified atom stereocenters. The molecule has 0 N–H and O–H groups in total. The van der Waals surface area contributed by atoms with Gasteiger partial charge in [-0.15, -0.1) is 11.3 Å². The average molecular weight is 433 g/mol. The minimum absolute atomic E-state index is 0.214. The first-order valence-corrected chi connectivity index (χ1v) is 10.2. The first kappa shape index (κ1) is 17.6.